The largest absolute Gasteiger partial charge is 0.357 e. The lowest BCUT2D eigenvalue weighted by Crippen LogP contribution is -2.31. The van der Waals surface area contributed by atoms with Crippen LogP contribution in [0.15, 0.2) is 0 Å². The lowest BCUT2D eigenvalue weighted by molar-refractivity contribution is -0.114. The van der Waals surface area contributed by atoms with Gasteiger partial charge in [0.15, 0.2) is 0 Å². The third kappa shape index (κ3) is 3.64. The highest BCUT2D eigenvalue weighted by atomic mass is 32.2. The topological polar surface area (TPSA) is 124 Å². The summed E-state index contributed by atoms with van der Waals surface area (Å²) in [5.41, 5.74) is 0. The molecule has 1 unspecified atom stereocenters. The first kappa shape index (κ1) is 11.5. The van der Waals surface area contributed by atoms with Crippen molar-refractivity contribution in [1.29, 1.82) is 5.26 Å². The lowest BCUT2D eigenvalue weighted by atomic mass is 10.2. The smallest absolute Gasteiger partial charge is 0.330 e. The zero-order valence-corrected chi connectivity index (χ0v) is 7.11. The van der Waals surface area contributed by atoms with Crippen LogP contribution in [-0.4, -0.2) is 31.0 Å². The zero-order valence-electron chi connectivity index (χ0n) is 6.30. The third-order valence-electron chi connectivity index (χ3n) is 1.10. The fourth-order valence-electron chi connectivity index (χ4n) is 0.527. The summed E-state index contributed by atoms with van der Waals surface area (Å²) in [7, 11) is -4.86. The van der Waals surface area contributed by atoms with E-state index in [9.17, 15) is 18.0 Å². The van der Waals surface area contributed by atoms with Gasteiger partial charge < -0.3 is 5.32 Å². The van der Waals surface area contributed by atoms with Crippen molar-refractivity contribution in [3.8, 4) is 6.07 Å². The average Bonchev–Trinajstić information content (AvgIpc) is 2.04. The third-order valence-corrected chi connectivity index (χ3v) is 1.89. The van der Waals surface area contributed by atoms with Gasteiger partial charge in [-0.3, -0.25) is 14.1 Å². The first-order valence-electron chi connectivity index (χ1n) is 3.01. The molecule has 1 amide bonds. The molecule has 0 saturated carbocycles. The normalized spacial score (nSPS) is 12.6. The molecule has 0 aromatic carbocycles. The van der Waals surface area contributed by atoms with Gasteiger partial charge in [0.05, 0.1) is 6.07 Å². The van der Waals surface area contributed by atoms with Gasteiger partial charge in [-0.05, 0) is 0 Å². The summed E-state index contributed by atoms with van der Waals surface area (Å²) in [6, 6.07) is 1.33. The van der Waals surface area contributed by atoms with E-state index in [1.165, 1.54) is 6.07 Å². The van der Waals surface area contributed by atoms with Gasteiger partial charge in [0.2, 0.25) is 6.41 Å². The molecule has 0 spiro atoms. The Morgan fingerprint density at radius 1 is 1.69 bits per heavy atom. The van der Waals surface area contributed by atoms with Crippen LogP contribution in [0.1, 0.15) is 0 Å². The first-order valence-corrected chi connectivity index (χ1v) is 4.45. The van der Waals surface area contributed by atoms with Crippen LogP contribution in [0.4, 0.5) is 0 Å². The summed E-state index contributed by atoms with van der Waals surface area (Å²) in [5.74, 6) is -1.58. The van der Waals surface area contributed by atoms with Crippen LogP contribution in [-0.2, 0) is 19.7 Å². The Bertz CT molecular complexity index is 340. The van der Waals surface area contributed by atoms with E-state index < -0.39 is 27.7 Å². The molecule has 0 aliphatic carbocycles. The quantitative estimate of drug-likeness (QED) is 0.416. The first-order chi connectivity index (χ1) is 5.93. The number of hydrogen-bond donors (Lipinski definition) is 2. The molecule has 2 N–H and O–H groups in total. The maximum atomic E-state index is 10.7. The van der Waals surface area contributed by atoms with Crippen LogP contribution in [0.5, 0.6) is 0 Å². The van der Waals surface area contributed by atoms with Gasteiger partial charge in [0, 0.05) is 6.54 Å². The molecule has 0 fully saturated rings. The van der Waals surface area contributed by atoms with Crippen molar-refractivity contribution in [1.82, 2.24) is 5.32 Å². The average molecular weight is 206 g/mol. The maximum absolute atomic E-state index is 10.7. The number of carbonyl (C=O) groups is 2. The minimum absolute atomic E-state index is 0.210. The minimum atomic E-state index is -4.86. The number of nitrogens with zero attached hydrogens (tertiary/aromatic N) is 1. The highest BCUT2D eigenvalue weighted by Gasteiger charge is 2.28. The monoisotopic (exact) mass is 206 g/mol. The number of amides is 1. The predicted octanol–water partition coefficient (Wildman–Crippen LogP) is -1.71. The molecule has 0 aliphatic rings. The molecule has 0 bridgehead atoms. The van der Waals surface area contributed by atoms with Crippen LogP contribution >= 0.6 is 0 Å². The second kappa shape index (κ2) is 4.54. The lowest BCUT2D eigenvalue weighted by Gasteiger charge is -2.03. The number of nitriles is 1. The zero-order chi connectivity index (χ0) is 10.5. The van der Waals surface area contributed by atoms with Crippen LogP contribution in [0.3, 0.4) is 0 Å². The molecule has 0 saturated heterocycles. The fraction of sp³-hybridized carbons (Fsp3) is 0.400. The molecule has 13 heavy (non-hydrogen) atoms. The Balaban J connectivity index is 4.54. The van der Waals surface area contributed by atoms with E-state index in [2.05, 4.69) is 0 Å². The molecule has 0 heterocycles. The number of rotatable bonds is 4. The molecule has 0 rings (SSSR count). The number of carbonyl (C=O) groups excluding carboxylic acids is 2. The predicted molar refractivity (Wildman–Crippen MR) is 39.7 cm³/mol. The van der Waals surface area contributed by atoms with Crippen molar-refractivity contribution in [2.45, 2.75) is 0 Å². The van der Waals surface area contributed by atoms with Gasteiger partial charge in [0.25, 0.3) is 5.12 Å². The molecule has 8 heteroatoms. The molecule has 0 aromatic heterocycles. The van der Waals surface area contributed by atoms with E-state index in [-0.39, 0.29) is 6.41 Å². The van der Waals surface area contributed by atoms with Crippen LogP contribution in [0.25, 0.3) is 0 Å². The highest BCUT2D eigenvalue weighted by Crippen LogP contribution is 2.00. The van der Waals surface area contributed by atoms with Gasteiger partial charge in [0.1, 0.15) is 5.92 Å². The van der Waals surface area contributed by atoms with Gasteiger partial charge in [-0.1, -0.05) is 0 Å². The number of hydrogen-bond acceptors (Lipinski definition) is 5. The molecule has 0 aromatic rings. The molecule has 0 radical (unpaired) electrons. The molecule has 0 aliphatic heterocycles. The van der Waals surface area contributed by atoms with E-state index in [0.29, 0.717) is 0 Å². The van der Waals surface area contributed by atoms with E-state index in [4.69, 9.17) is 9.81 Å². The van der Waals surface area contributed by atoms with Crippen molar-refractivity contribution in [3.05, 3.63) is 0 Å². The summed E-state index contributed by atoms with van der Waals surface area (Å²) in [5, 5.41) is 8.62. The van der Waals surface area contributed by atoms with E-state index in [1.54, 1.807) is 0 Å². The fourth-order valence-corrected chi connectivity index (χ4v) is 1.02. The van der Waals surface area contributed by atoms with E-state index in [1.807, 2.05) is 5.32 Å². The molecule has 7 nitrogen and oxygen atoms in total. The van der Waals surface area contributed by atoms with Gasteiger partial charge in [-0.15, -0.1) is 0 Å². The second-order valence-electron chi connectivity index (χ2n) is 2.00. The minimum Gasteiger partial charge on any atom is -0.357 e. The highest BCUT2D eigenvalue weighted by molar-refractivity contribution is 8.01. The van der Waals surface area contributed by atoms with Crippen LogP contribution < -0.4 is 5.32 Å². The summed E-state index contributed by atoms with van der Waals surface area (Å²) < 4.78 is 28.7. The molecular formula is C5H6N2O5S. The SMILES string of the molecule is N#CC(CNC=O)C(=O)S(=O)(=O)O. The van der Waals surface area contributed by atoms with E-state index in [0.717, 1.165) is 0 Å². The van der Waals surface area contributed by atoms with Crippen molar-refractivity contribution in [3.63, 3.8) is 0 Å². The maximum Gasteiger partial charge on any atom is 0.330 e. The molecule has 72 valence electrons. The number of nitrogens with one attached hydrogen (secondary N) is 1. The summed E-state index contributed by atoms with van der Waals surface area (Å²) in [4.78, 5) is 20.4. The standard InChI is InChI=1S/C5H6N2O5S/c6-1-4(2-7-3-8)5(9)13(10,11)12/h3-4H,2H2,(H,7,8)(H,10,11,12). The van der Waals surface area contributed by atoms with Gasteiger partial charge >= 0.3 is 10.1 Å². The van der Waals surface area contributed by atoms with Crippen molar-refractivity contribution < 1.29 is 22.6 Å². The van der Waals surface area contributed by atoms with Crippen molar-refractivity contribution >= 4 is 21.6 Å². The molecular weight excluding hydrogens is 200 g/mol. The summed E-state index contributed by atoms with van der Waals surface area (Å²) in [6.45, 7) is -0.446. The summed E-state index contributed by atoms with van der Waals surface area (Å²) >= 11 is 0. The van der Waals surface area contributed by atoms with Crippen molar-refractivity contribution in [2.24, 2.45) is 5.92 Å². The molecule has 1 atom stereocenters. The Labute approximate surface area is 74.1 Å². The van der Waals surface area contributed by atoms with Gasteiger partial charge in [-0.25, -0.2) is 0 Å². The Morgan fingerprint density at radius 3 is 2.54 bits per heavy atom. The summed E-state index contributed by atoms with van der Waals surface area (Å²) in [6.07, 6.45) is 0.210. The Hall–Kier alpha value is -1.46. The Kier molecular flexibility index (Phi) is 4.03. The van der Waals surface area contributed by atoms with Gasteiger partial charge in [-0.2, -0.15) is 13.7 Å². The van der Waals surface area contributed by atoms with Crippen molar-refractivity contribution in [2.75, 3.05) is 6.54 Å². The second-order valence-corrected chi connectivity index (χ2v) is 3.35. The van der Waals surface area contributed by atoms with E-state index >= 15 is 0 Å². The Morgan fingerprint density at radius 2 is 2.23 bits per heavy atom. The van der Waals surface area contributed by atoms with Crippen LogP contribution in [0.2, 0.25) is 0 Å². The van der Waals surface area contributed by atoms with Crippen LogP contribution in [0, 0.1) is 17.2 Å².